The number of hydrogen-bond acceptors (Lipinski definition) is 5. The summed E-state index contributed by atoms with van der Waals surface area (Å²) in [7, 11) is -2.32. The van der Waals surface area contributed by atoms with Gasteiger partial charge in [0.2, 0.25) is 0 Å². The number of methoxy groups -OCH3 is 1. The van der Waals surface area contributed by atoms with Crippen LogP contribution in [0.15, 0.2) is 95.9 Å². The average Bonchev–Trinajstić information content (AvgIpc) is 2.86. The number of sulfonamides is 1. The number of carbonyl (C=O) groups is 1. The fourth-order valence-corrected chi connectivity index (χ4v) is 4.46. The maximum absolute atomic E-state index is 13.0. The van der Waals surface area contributed by atoms with Crippen LogP contribution in [-0.4, -0.2) is 21.4 Å². The lowest BCUT2D eigenvalue weighted by Crippen LogP contribution is -2.17. The number of anilines is 2. The van der Waals surface area contributed by atoms with Crippen LogP contribution in [0.1, 0.15) is 21.5 Å². The Bertz CT molecular complexity index is 1460. The van der Waals surface area contributed by atoms with Gasteiger partial charge in [0.05, 0.1) is 23.4 Å². The zero-order chi connectivity index (χ0) is 25.7. The molecule has 0 aliphatic rings. The number of carbonyl (C=O) groups excluding carboxylic acids is 1. The van der Waals surface area contributed by atoms with E-state index in [1.165, 1.54) is 12.1 Å². The number of hydrogen-bond donors (Lipinski definition) is 2. The van der Waals surface area contributed by atoms with E-state index in [-0.39, 0.29) is 22.2 Å². The molecule has 0 spiro atoms. The molecule has 8 heteroatoms. The number of amides is 1. The van der Waals surface area contributed by atoms with Crippen LogP contribution in [0.2, 0.25) is 0 Å². The Morgan fingerprint density at radius 1 is 0.694 bits per heavy atom. The van der Waals surface area contributed by atoms with Crippen LogP contribution in [0.3, 0.4) is 0 Å². The summed E-state index contributed by atoms with van der Waals surface area (Å²) in [6.07, 6.45) is 0. The largest absolute Gasteiger partial charge is 0.497 e. The van der Waals surface area contributed by atoms with Crippen LogP contribution < -0.4 is 19.5 Å². The second-order valence-electron chi connectivity index (χ2n) is 8.22. The molecule has 2 N–H and O–H groups in total. The Hall–Kier alpha value is -4.30. The van der Waals surface area contributed by atoms with Gasteiger partial charge in [-0.3, -0.25) is 9.52 Å². The van der Waals surface area contributed by atoms with Gasteiger partial charge in [-0.2, -0.15) is 0 Å². The highest BCUT2D eigenvalue weighted by molar-refractivity contribution is 7.92. The number of nitrogens with one attached hydrogen (secondary N) is 2. The van der Waals surface area contributed by atoms with Crippen LogP contribution >= 0.6 is 0 Å². The molecular formula is C28H26N2O5S. The highest BCUT2D eigenvalue weighted by Crippen LogP contribution is 2.32. The van der Waals surface area contributed by atoms with Gasteiger partial charge in [-0.05, 0) is 74.5 Å². The summed E-state index contributed by atoms with van der Waals surface area (Å²) in [5.74, 6) is 1.28. The highest BCUT2D eigenvalue weighted by atomic mass is 32.2. The first-order valence-electron chi connectivity index (χ1n) is 11.2. The molecule has 4 aromatic rings. The van der Waals surface area contributed by atoms with E-state index in [9.17, 15) is 13.2 Å². The van der Waals surface area contributed by atoms with Crippen molar-refractivity contribution in [1.29, 1.82) is 0 Å². The molecule has 0 saturated carbocycles. The monoisotopic (exact) mass is 502 g/mol. The summed E-state index contributed by atoms with van der Waals surface area (Å²) in [4.78, 5) is 13.1. The van der Waals surface area contributed by atoms with Gasteiger partial charge < -0.3 is 14.8 Å². The van der Waals surface area contributed by atoms with E-state index in [0.29, 0.717) is 22.8 Å². The van der Waals surface area contributed by atoms with E-state index in [2.05, 4.69) is 10.0 Å². The van der Waals surface area contributed by atoms with Gasteiger partial charge in [0.1, 0.15) is 17.2 Å². The van der Waals surface area contributed by atoms with Gasteiger partial charge in [-0.1, -0.05) is 35.4 Å². The molecule has 36 heavy (non-hydrogen) atoms. The van der Waals surface area contributed by atoms with Gasteiger partial charge >= 0.3 is 0 Å². The second kappa shape index (κ2) is 10.5. The zero-order valence-electron chi connectivity index (χ0n) is 20.1. The van der Waals surface area contributed by atoms with Gasteiger partial charge in [-0.25, -0.2) is 8.42 Å². The molecule has 0 unspecified atom stereocenters. The zero-order valence-corrected chi connectivity index (χ0v) is 20.9. The first kappa shape index (κ1) is 24.8. The Balaban J connectivity index is 1.66. The molecular weight excluding hydrogens is 476 g/mol. The Morgan fingerprint density at radius 3 is 1.86 bits per heavy atom. The Morgan fingerprint density at radius 2 is 1.25 bits per heavy atom. The molecule has 4 rings (SSSR count). The Labute approximate surface area is 210 Å². The van der Waals surface area contributed by atoms with Crippen molar-refractivity contribution in [1.82, 2.24) is 0 Å². The average molecular weight is 503 g/mol. The van der Waals surface area contributed by atoms with Crippen molar-refractivity contribution in [2.45, 2.75) is 18.7 Å². The lowest BCUT2D eigenvalue weighted by atomic mass is 10.1. The van der Waals surface area contributed by atoms with Crippen LogP contribution in [-0.2, 0) is 10.0 Å². The number of benzene rings is 4. The van der Waals surface area contributed by atoms with Crippen molar-refractivity contribution in [3.05, 3.63) is 108 Å². The first-order valence-corrected chi connectivity index (χ1v) is 12.7. The van der Waals surface area contributed by atoms with Crippen molar-refractivity contribution >= 4 is 27.3 Å². The lowest BCUT2D eigenvalue weighted by Gasteiger charge is -2.16. The summed E-state index contributed by atoms with van der Waals surface area (Å²) >= 11 is 0. The maximum atomic E-state index is 13.0. The van der Waals surface area contributed by atoms with Crippen LogP contribution in [0.5, 0.6) is 17.2 Å². The molecule has 0 atom stereocenters. The van der Waals surface area contributed by atoms with Crippen molar-refractivity contribution < 1.29 is 22.7 Å². The molecule has 1 amide bonds. The minimum absolute atomic E-state index is 0.113. The fourth-order valence-electron chi connectivity index (χ4n) is 3.38. The summed E-state index contributed by atoms with van der Waals surface area (Å²) in [5, 5.41) is 2.81. The van der Waals surface area contributed by atoms with Crippen LogP contribution in [0, 0.1) is 13.8 Å². The normalized spacial score (nSPS) is 11.0. The minimum atomic E-state index is -3.89. The SMILES string of the molecule is COc1ccc(Oc2ccc(NS(=O)(=O)c3ccc(C)cc3)c(NC(=O)c3ccc(C)cc3)c2)cc1. The number of rotatable bonds is 8. The second-order valence-corrected chi connectivity index (χ2v) is 9.91. The molecule has 0 aliphatic carbocycles. The molecule has 0 aliphatic heterocycles. The molecule has 0 heterocycles. The van der Waals surface area contributed by atoms with Crippen molar-refractivity contribution in [3.8, 4) is 17.2 Å². The third-order valence-corrected chi connectivity index (χ3v) is 6.81. The van der Waals surface area contributed by atoms with E-state index >= 15 is 0 Å². The standard InChI is InChI=1S/C28H26N2O5S/c1-19-4-8-21(9-5-19)28(31)29-27-18-24(35-23-12-10-22(34-3)11-13-23)14-17-26(27)30-36(32,33)25-15-6-20(2)7-16-25/h4-18,30H,1-3H3,(H,29,31). The Kier molecular flexibility index (Phi) is 7.26. The van der Waals surface area contributed by atoms with Crippen molar-refractivity contribution in [2.24, 2.45) is 0 Å². The van der Waals surface area contributed by atoms with Gasteiger partial charge in [0.15, 0.2) is 0 Å². The van der Waals surface area contributed by atoms with Gasteiger partial charge in [-0.15, -0.1) is 0 Å². The molecule has 0 aromatic heterocycles. The molecule has 0 fully saturated rings. The topological polar surface area (TPSA) is 93.7 Å². The predicted molar refractivity (Wildman–Crippen MR) is 141 cm³/mol. The van der Waals surface area contributed by atoms with Crippen LogP contribution in [0.4, 0.5) is 11.4 Å². The van der Waals surface area contributed by atoms with Crippen molar-refractivity contribution in [2.75, 3.05) is 17.1 Å². The quantitative estimate of drug-likeness (QED) is 0.301. The molecule has 0 bridgehead atoms. The maximum Gasteiger partial charge on any atom is 0.261 e. The molecule has 4 aromatic carbocycles. The van der Waals surface area contributed by atoms with E-state index in [4.69, 9.17) is 9.47 Å². The number of ether oxygens (including phenoxy) is 2. The van der Waals surface area contributed by atoms with Gasteiger partial charge in [0.25, 0.3) is 15.9 Å². The third-order valence-electron chi connectivity index (χ3n) is 5.42. The lowest BCUT2D eigenvalue weighted by molar-refractivity contribution is 0.102. The van der Waals surface area contributed by atoms with E-state index in [0.717, 1.165) is 11.1 Å². The van der Waals surface area contributed by atoms with E-state index in [1.54, 1.807) is 73.8 Å². The highest BCUT2D eigenvalue weighted by Gasteiger charge is 2.18. The van der Waals surface area contributed by atoms with E-state index < -0.39 is 10.0 Å². The van der Waals surface area contributed by atoms with Gasteiger partial charge in [0, 0.05) is 11.6 Å². The summed E-state index contributed by atoms with van der Waals surface area (Å²) in [5.41, 5.74) is 2.86. The smallest absolute Gasteiger partial charge is 0.261 e. The summed E-state index contributed by atoms with van der Waals surface area (Å²) in [6.45, 7) is 3.81. The molecule has 184 valence electrons. The molecule has 0 saturated heterocycles. The molecule has 7 nitrogen and oxygen atoms in total. The van der Waals surface area contributed by atoms with Crippen molar-refractivity contribution in [3.63, 3.8) is 0 Å². The number of aryl methyl sites for hydroxylation is 2. The fraction of sp³-hybridized carbons (Fsp3) is 0.107. The molecule has 0 radical (unpaired) electrons. The summed E-state index contributed by atoms with van der Waals surface area (Å²) in [6, 6.07) is 25.4. The van der Waals surface area contributed by atoms with Crippen LogP contribution in [0.25, 0.3) is 0 Å². The third kappa shape index (κ3) is 6.03. The first-order chi connectivity index (χ1) is 17.2. The summed E-state index contributed by atoms with van der Waals surface area (Å²) < 4.78 is 39.7. The predicted octanol–water partition coefficient (Wildman–Crippen LogP) is 6.16. The minimum Gasteiger partial charge on any atom is -0.497 e. The van der Waals surface area contributed by atoms with E-state index in [1.807, 2.05) is 26.0 Å².